The molecule has 3 rings (SSSR count). The second-order valence-electron chi connectivity index (χ2n) is 4.95. The number of hydrogen-bond acceptors (Lipinski definition) is 3. The van der Waals surface area contributed by atoms with Gasteiger partial charge in [-0.05, 0) is 30.2 Å². The average Bonchev–Trinajstić information content (AvgIpc) is 3.04. The molecular weight excluding hydrogens is 260 g/mol. The Morgan fingerprint density at radius 1 is 1.00 bits per heavy atom. The lowest BCUT2D eigenvalue weighted by molar-refractivity contribution is 0.861. The van der Waals surface area contributed by atoms with Gasteiger partial charge in [-0.2, -0.15) is 5.26 Å². The van der Waals surface area contributed by atoms with Crippen LogP contribution in [0.2, 0.25) is 0 Å². The minimum Gasteiger partial charge on any atom is -0.331 e. The van der Waals surface area contributed by atoms with Gasteiger partial charge in [-0.1, -0.05) is 42.0 Å². The fourth-order valence-electron chi connectivity index (χ4n) is 2.37. The largest absolute Gasteiger partial charge is 0.331 e. The molecule has 21 heavy (non-hydrogen) atoms. The molecule has 0 saturated heterocycles. The fourth-order valence-corrected chi connectivity index (χ4v) is 2.37. The van der Waals surface area contributed by atoms with E-state index in [2.05, 4.69) is 52.4 Å². The Bertz CT molecular complexity index is 750. The SMILES string of the molecule is Cc1ccc(C(c2ccc(C#N)cc2)c2nnc[nH]2)cc1. The smallest absolute Gasteiger partial charge is 0.142 e. The van der Waals surface area contributed by atoms with E-state index in [1.54, 1.807) is 6.33 Å². The van der Waals surface area contributed by atoms with Gasteiger partial charge in [0.2, 0.25) is 0 Å². The third-order valence-electron chi connectivity index (χ3n) is 3.49. The predicted molar refractivity (Wildman–Crippen MR) is 79.7 cm³/mol. The second-order valence-corrected chi connectivity index (χ2v) is 4.95. The van der Waals surface area contributed by atoms with E-state index in [1.165, 1.54) is 5.56 Å². The van der Waals surface area contributed by atoms with Crippen LogP contribution in [0.15, 0.2) is 54.9 Å². The highest BCUT2D eigenvalue weighted by Gasteiger charge is 2.19. The summed E-state index contributed by atoms with van der Waals surface area (Å²) in [5.41, 5.74) is 4.09. The number of nitrogens with zero attached hydrogens (tertiary/aromatic N) is 3. The van der Waals surface area contributed by atoms with Crippen molar-refractivity contribution in [1.29, 1.82) is 5.26 Å². The van der Waals surface area contributed by atoms with E-state index >= 15 is 0 Å². The van der Waals surface area contributed by atoms with Gasteiger partial charge >= 0.3 is 0 Å². The lowest BCUT2D eigenvalue weighted by atomic mass is 9.90. The lowest BCUT2D eigenvalue weighted by Crippen LogP contribution is -2.05. The number of benzene rings is 2. The minimum absolute atomic E-state index is 0.0131. The monoisotopic (exact) mass is 274 g/mol. The van der Waals surface area contributed by atoms with Gasteiger partial charge in [0, 0.05) is 0 Å². The van der Waals surface area contributed by atoms with Crippen LogP contribution >= 0.6 is 0 Å². The van der Waals surface area contributed by atoms with E-state index in [-0.39, 0.29) is 5.92 Å². The first kappa shape index (κ1) is 13.1. The summed E-state index contributed by atoms with van der Waals surface area (Å²) in [6, 6.07) is 18.1. The zero-order chi connectivity index (χ0) is 14.7. The molecule has 1 N–H and O–H groups in total. The number of aromatic amines is 1. The Labute approximate surface area is 123 Å². The molecule has 1 aromatic heterocycles. The summed E-state index contributed by atoms with van der Waals surface area (Å²) in [5.74, 6) is 0.782. The normalized spacial score (nSPS) is 11.8. The number of nitrogens with one attached hydrogen (secondary N) is 1. The quantitative estimate of drug-likeness (QED) is 0.797. The van der Waals surface area contributed by atoms with Gasteiger partial charge in [-0.15, -0.1) is 10.2 Å². The van der Waals surface area contributed by atoms with Crippen LogP contribution in [0.4, 0.5) is 0 Å². The summed E-state index contributed by atoms with van der Waals surface area (Å²) in [5, 5.41) is 17.0. The molecule has 0 aliphatic rings. The first-order valence-corrected chi connectivity index (χ1v) is 6.70. The maximum absolute atomic E-state index is 8.92. The van der Waals surface area contributed by atoms with Gasteiger partial charge in [0.25, 0.3) is 0 Å². The van der Waals surface area contributed by atoms with Crippen LogP contribution in [0, 0.1) is 18.3 Å². The van der Waals surface area contributed by atoms with Crippen molar-refractivity contribution < 1.29 is 0 Å². The third kappa shape index (κ3) is 2.67. The van der Waals surface area contributed by atoms with Gasteiger partial charge in [-0.3, -0.25) is 0 Å². The van der Waals surface area contributed by atoms with Gasteiger partial charge in [0.15, 0.2) is 0 Å². The van der Waals surface area contributed by atoms with Crippen molar-refractivity contribution in [3.05, 3.63) is 82.9 Å². The van der Waals surface area contributed by atoms with E-state index in [0.29, 0.717) is 5.56 Å². The number of nitriles is 1. The number of rotatable bonds is 3. The standard InChI is InChI=1S/C17H14N4/c1-12-2-6-14(7-3-12)16(17-19-11-20-21-17)15-8-4-13(10-18)5-9-15/h2-9,11,16H,1H3,(H,19,20,21). The summed E-state index contributed by atoms with van der Waals surface area (Å²) in [4.78, 5) is 3.09. The molecule has 4 nitrogen and oxygen atoms in total. The Balaban J connectivity index is 2.08. The summed E-state index contributed by atoms with van der Waals surface area (Å²) in [6.07, 6.45) is 1.58. The van der Waals surface area contributed by atoms with E-state index in [0.717, 1.165) is 17.0 Å². The first-order chi connectivity index (χ1) is 10.3. The summed E-state index contributed by atoms with van der Waals surface area (Å²) in [6.45, 7) is 2.06. The molecule has 1 unspecified atom stereocenters. The van der Waals surface area contributed by atoms with Crippen molar-refractivity contribution in [1.82, 2.24) is 15.2 Å². The fraction of sp³-hybridized carbons (Fsp3) is 0.118. The molecule has 0 bridgehead atoms. The van der Waals surface area contributed by atoms with Crippen molar-refractivity contribution >= 4 is 0 Å². The van der Waals surface area contributed by atoms with Gasteiger partial charge in [0.05, 0.1) is 17.6 Å². The van der Waals surface area contributed by atoms with Crippen LogP contribution in [0.5, 0.6) is 0 Å². The van der Waals surface area contributed by atoms with Gasteiger partial charge < -0.3 is 4.98 Å². The molecule has 3 aromatic rings. The molecule has 2 aromatic carbocycles. The molecule has 1 heterocycles. The van der Waals surface area contributed by atoms with Gasteiger partial charge in [-0.25, -0.2) is 0 Å². The highest BCUT2D eigenvalue weighted by atomic mass is 15.2. The lowest BCUT2D eigenvalue weighted by Gasteiger charge is -2.15. The van der Waals surface area contributed by atoms with E-state index in [1.807, 2.05) is 24.3 Å². The molecule has 0 aliphatic carbocycles. The predicted octanol–water partition coefficient (Wildman–Crippen LogP) is 3.17. The van der Waals surface area contributed by atoms with Crippen LogP contribution in [-0.4, -0.2) is 15.2 Å². The highest BCUT2D eigenvalue weighted by Crippen LogP contribution is 2.29. The maximum atomic E-state index is 8.92. The first-order valence-electron chi connectivity index (χ1n) is 6.70. The van der Waals surface area contributed by atoms with E-state index < -0.39 is 0 Å². The van der Waals surface area contributed by atoms with E-state index in [9.17, 15) is 0 Å². The molecule has 0 fully saturated rings. The molecule has 0 amide bonds. The average molecular weight is 274 g/mol. The Hall–Kier alpha value is -2.93. The van der Waals surface area contributed by atoms with Crippen molar-refractivity contribution in [3.8, 4) is 6.07 Å². The molecule has 1 atom stereocenters. The summed E-state index contributed by atoms with van der Waals surface area (Å²) in [7, 11) is 0. The highest BCUT2D eigenvalue weighted by molar-refractivity contribution is 5.41. The number of aromatic nitrogens is 3. The van der Waals surface area contributed by atoms with Crippen LogP contribution < -0.4 is 0 Å². The molecular formula is C17H14N4. The van der Waals surface area contributed by atoms with Gasteiger partial charge in [0.1, 0.15) is 12.2 Å². The topological polar surface area (TPSA) is 65.4 Å². The molecule has 0 saturated carbocycles. The Morgan fingerprint density at radius 2 is 1.62 bits per heavy atom. The van der Waals surface area contributed by atoms with Crippen LogP contribution in [0.3, 0.4) is 0 Å². The van der Waals surface area contributed by atoms with Crippen molar-refractivity contribution in [2.75, 3.05) is 0 Å². The summed E-state index contributed by atoms with van der Waals surface area (Å²) < 4.78 is 0. The van der Waals surface area contributed by atoms with E-state index in [4.69, 9.17) is 5.26 Å². The number of H-pyrrole nitrogens is 1. The minimum atomic E-state index is -0.0131. The zero-order valence-corrected chi connectivity index (χ0v) is 11.6. The van der Waals surface area contributed by atoms with Crippen LogP contribution in [0.25, 0.3) is 0 Å². The molecule has 0 aliphatic heterocycles. The van der Waals surface area contributed by atoms with Crippen LogP contribution in [0.1, 0.15) is 34.0 Å². The molecule has 102 valence electrons. The number of hydrogen-bond donors (Lipinski definition) is 1. The Kier molecular flexibility index (Phi) is 3.48. The maximum Gasteiger partial charge on any atom is 0.142 e. The number of aryl methyl sites for hydroxylation is 1. The Morgan fingerprint density at radius 3 is 2.14 bits per heavy atom. The van der Waals surface area contributed by atoms with Crippen molar-refractivity contribution in [2.24, 2.45) is 0 Å². The zero-order valence-electron chi connectivity index (χ0n) is 11.6. The van der Waals surface area contributed by atoms with Crippen molar-refractivity contribution in [2.45, 2.75) is 12.8 Å². The molecule has 0 radical (unpaired) electrons. The van der Waals surface area contributed by atoms with Crippen LogP contribution in [-0.2, 0) is 0 Å². The third-order valence-corrected chi connectivity index (χ3v) is 3.49. The second kappa shape index (κ2) is 5.59. The molecule has 0 spiro atoms. The summed E-state index contributed by atoms with van der Waals surface area (Å²) >= 11 is 0. The van der Waals surface area contributed by atoms with Crippen molar-refractivity contribution in [3.63, 3.8) is 0 Å². The molecule has 4 heteroatoms.